The highest BCUT2D eigenvalue weighted by Gasteiger charge is 2.22. The molecule has 2 aromatic rings. The van der Waals surface area contributed by atoms with Crippen molar-refractivity contribution in [2.24, 2.45) is 10.7 Å². The van der Waals surface area contributed by atoms with E-state index >= 15 is 0 Å². The maximum absolute atomic E-state index is 11.8. The fraction of sp³-hybridized carbons (Fsp3) is 0.286. The van der Waals surface area contributed by atoms with Crippen molar-refractivity contribution in [3.63, 3.8) is 0 Å². The zero-order valence-corrected chi connectivity index (χ0v) is 18.0. The number of aromatic nitrogens is 1. The molecular weight excluding hydrogens is 402 g/mol. The molecule has 1 amide bonds. The lowest BCUT2D eigenvalue weighted by atomic mass is 10.0. The van der Waals surface area contributed by atoms with Crippen molar-refractivity contribution < 1.29 is 13.2 Å². The average Bonchev–Trinajstić information content (AvgIpc) is 2.73. The van der Waals surface area contributed by atoms with Gasteiger partial charge in [-0.1, -0.05) is 12.1 Å². The van der Waals surface area contributed by atoms with Crippen molar-refractivity contribution in [3.8, 4) is 11.1 Å². The molecule has 158 valence electrons. The summed E-state index contributed by atoms with van der Waals surface area (Å²) in [5, 5.41) is 3.15. The molecule has 1 aromatic carbocycles. The molecule has 0 fully saturated rings. The molecule has 8 nitrogen and oxygen atoms in total. The van der Waals surface area contributed by atoms with E-state index in [9.17, 15) is 13.2 Å². The van der Waals surface area contributed by atoms with Gasteiger partial charge in [-0.05, 0) is 23.8 Å². The zero-order chi connectivity index (χ0) is 21.9. The lowest BCUT2D eigenvalue weighted by Gasteiger charge is -2.29. The number of sulfone groups is 1. The summed E-state index contributed by atoms with van der Waals surface area (Å²) in [7, 11) is -1.50. The average molecular weight is 428 g/mol. The Balaban J connectivity index is 1.87. The number of hydrogen-bond acceptors (Lipinski definition) is 6. The molecule has 0 saturated heterocycles. The monoisotopic (exact) mass is 427 g/mol. The topological polar surface area (TPSA) is 118 Å². The second kappa shape index (κ2) is 8.66. The molecule has 0 atom stereocenters. The van der Waals surface area contributed by atoms with Gasteiger partial charge in [0.1, 0.15) is 5.84 Å². The molecule has 0 aliphatic carbocycles. The molecule has 9 heteroatoms. The predicted molar refractivity (Wildman–Crippen MR) is 117 cm³/mol. The quantitative estimate of drug-likeness (QED) is 0.556. The Morgan fingerprint density at radius 3 is 2.50 bits per heavy atom. The number of amidine groups is 1. The fourth-order valence-corrected chi connectivity index (χ4v) is 3.85. The third-order valence-corrected chi connectivity index (χ3v) is 6.07. The summed E-state index contributed by atoms with van der Waals surface area (Å²) in [6.07, 6.45) is 4.80. The Hall–Kier alpha value is -3.20. The molecule has 3 rings (SSSR count). The predicted octanol–water partition coefficient (Wildman–Crippen LogP) is 1.87. The first kappa shape index (κ1) is 21.5. The number of nitrogens with zero attached hydrogens (tertiary/aromatic N) is 3. The molecule has 1 aliphatic rings. The lowest BCUT2D eigenvalue weighted by Crippen LogP contribution is -2.40. The smallest absolute Gasteiger partial charge is 0.219 e. The molecular formula is C21H25N5O3S. The Morgan fingerprint density at radius 1 is 1.20 bits per heavy atom. The number of pyridine rings is 1. The molecule has 0 radical (unpaired) electrons. The summed E-state index contributed by atoms with van der Waals surface area (Å²) < 4.78 is 23.5. The SMILES string of the molecule is CNC1=C(C(N)=Nc2ccc(-c3cncc(S(C)(=O)=O)c3)cc2)CN(C(C)=O)CC1. The second-order valence-corrected chi connectivity index (χ2v) is 9.14. The van der Waals surface area contributed by atoms with Crippen molar-refractivity contribution in [2.45, 2.75) is 18.2 Å². The van der Waals surface area contributed by atoms with Gasteiger partial charge >= 0.3 is 0 Å². The van der Waals surface area contributed by atoms with E-state index in [1.807, 2.05) is 19.2 Å². The van der Waals surface area contributed by atoms with E-state index in [1.54, 1.807) is 36.2 Å². The van der Waals surface area contributed by atoms with Crippen LogP contribution < -0.4 is 11.1 Å². The van der Waals surface area contributed by atoms with Gasteiger partial charge in [0.2, 0.25) is 5.91 Å². The largest absolute Gasteiger partial charge is 0.391 e. The Labute approximate surface area is 176 Å². The molecule has 0 spiro atoms. The van der Waals surface area contributed by atoms with E-state index in [0.29, 0.717) is 36.6 Å². The maximum atomic E-state index is 11.8. The van der Waals surface area contributed by atoms with Gasteiger partial charge in [-0.3, -0.25) is 9.78 Å². The van der Waals surface area contributed by atoms with Crippen LogP contribution in [0.5, 0.6) is 0 Å². The van der Waals surface area contributed by atoms with Crippen molar-refractivity contribution in [2.75, 3.05) is 26.4 Å². The Morgan fingerprint density at radius 2 is 1.90 bits per heavy atom. The minimum absolute atomic E-state index is 0.00439. The number of benzene rings is 1. The highest BCUT2D eigenvalue weighted by molar-refractivity contribution is 7.90. The van der Waals surface area contributed by atoms with Gasteiger partial charge < -0.3 is 16.0 Å². The van der Waals surface area contributed by atoms with Crippen LogP contribution in [0.1, 0.15) is 13.3 Å². The number of carbonyl (C=O) groups excluding carboxylic acids is 1. The summed E-state index contributed by atoms with van der Waals surface area (Å²) in [5.41, 5.74) is 10.2. The summed E-state index contributed by atoms with van der Waals surface area (Å²) in [4.78, 5) is 22.2. The van der Waals surface area contributed by atoms with Gasteiger partial charge in [-0.15, -0.1) is 0 Å². The van der Waals surface area contributed by atoms with E-state index in [2.05, 4.69) is 15.3 Å². The van der Waals surface area contributed by atoms with Gasteiger partial charge in [-0.2, -0.15) is 0 Å². The molecule has 1 aromatic heterocycles. The van der Waals surface area contributed by atoms with Gasteiger partial charge in [0.15, 0.2) is 9.84 Å². The normalized spacial score (nSPS) is 15.3. The minimum Gasteiger partial charge on any atom is -0.391 e. The second-order valence-electron chi connectivity index (χ2n) is 7.12. The van der Waals surface area contributed by atoms with E-state index in [-0.39, 0.29) is 10.8 Å². The van der Waals surface area contributed by atoms with Crippen molar-refractivity contribution in [1.82, 2.24) is 15.2 Å². The van der Waals surface area contributed by atoms with Crippen LogP contribution in [-0.4, -0.2) is 56.4 Å². The molecule has 2 heterocycles. The number of rotatable bonds is 5. The summed E-state index contributed by atoms with van der Waals surface area (Å²) in [6.45, 7) is 2.61. The van der Waals surface area contributed by atoms with Gasteiger partial charge in [0.05, 0.1) is 17.1 Å². The van der Waals surface area contributed by atoms with Crippen LogP contribution in [0.2, 0.25) is 0 Å². The number of nitrogens with one attached hydrogen (secondary N) is 1. The molecule has 0 bridgehead atoms. The van der Waals surface area contributed by atoms with Crippen molar-refractivity contribution in [3.05, 3.63) is 54.0 Å². The summed E-state index contributed by atoms with van der Waals surface area (Å²) in [5.74, 6) is 0.364. The highest BCUT2D eigenvalue weighted by atomic mass is 32.2. The number of carbonyl (C=O) groups is 1. The first-order valence-electron chi connectivity index (χ1n) is 9.44. The van der Waals surface area contributed by atoms with Crippen LogP contribution >= 0.6 is 0 Å². The summed E-state index contributed by atoms with van der Waals surface area (Å²) in [6, 6.07) is 8.88. The standard InChI is InChI=1S/C21H25N5O3S/c1-14(27)26-9-8-20(23-2)19(13-26)21(22)25-17-6-4-15(5-7-17)16-10-18(12-24-11-16)30(3,28)29/h4-7,10-12,23H,8-9,13H2,1-3H3,(H2,22,25). The van der Waals surface area contributed by atoms with Crippen molar-refractivity contribution >= 4 is 27.3 Å². The zero-order valence-electron chi connectivity index (χ0n) is 17.2. The molecule has 30 heavy (non-hydrogen) atoms. The van der Waals surface area contributed by atoms with Crippen LogP contribution in [0, 0.1) is 0 Å². The maximum Gasteiger partial charge on any atom is 0.219 e. The van der Waals surface area contributed by atoms with Crippen molar-refractivity contribution in [1.29, 1.82) is 0 Å². The summed E-state index contributed by atoms with van der Waals surface area (Å²) >= 11 is 0. The first-order valence-corrected chi connectivity index (χ1v) is 11.3. The molecule has 0 unspecified atom stereocenters. The number of aliphatic imine (C=N–C) groups is 1. The van der Waals surface area contributed by atoms with Crippen LogP contribution in [0.25, 0.3) is 11.1 Å². The van der Waals surface area contributed by atoms with Gasteiger partial charge in [0, 0.05) is 62.4 Å². The van der Waals surface area contributed by atoms with Crippen LogP contribution in [0.4, 0.5) is 5.69 Å². The minimum atomic E-state index is -3.33. The molecule has 1 aliphatic heterocycles. The third-order valence-electron chi connectivity index (χ3n) is 4.99. The van der Waals surface area contributed by atoms with E-state index in [1.165, 1.54) is 6.20 Å². The van der Waals surface area contributed by atoms with E-state index in [4.69, 9.17) is 5.73 Å². The third kappa shape index (κ3) is 4.85. The Bertz CT molecular complexity index is 1120. The van der Waals surface area contributed by atoms with Crippen LogP contribution in [0.15, 0.2) is 63.9 Å². The number of hydrogen-bond donors (Lipinski definition) is 2. The number of amides is 1. The number of nitrogens with two attached hydrogens (primary N) is 1. The molecule has 3 N–H and O–H groups in total. The van der Waals surface area contributed by atoms with Crippen LogP contribution in [0.3, 0.4) is 0 Å². The van der Waals surface area contributed by atoms with Crippen LogP contribution in [-0.2, 0) is 14.6 Å². The van der Waals surface area contributed by atoms with Gasteiger partial charge in [0.25, 0.3) is 0 Å². The highest BCUT2D eigenvalue weighted by Crippen LogP contribution is 2.25. The van der Waals surface area contributed by atoms with E-state index in [0.717, 1.165) is 23.1 Å². The first-order chi connectivity index (χ1) is 14.2. The fourth-order valence-electron chi connectivity index (χ4n) is 3.26. The van der Waals surface area contributed by atoms with Gasteiger partial charge in [-0.25, -0.2) is 13.4 Å². The molecule has 0 saturated carbocycles. The van der Waals surface area contributed by atoms with E-state index < -0.39 is 9.84 Å². The Kier molecular flexibility index (Phi) is 6.21. The lowest BCUT2D eigenvalue weighted by molar-refractivity contribution is -0.128.